The highest BCUT2D eigenvalue weighted by molar-refractivity contribution is 5.85. The molecule has 1 amide bonds. The SMILES string of the molecule is CCCCCCCCCC[C@H](C)C(=O)N1CCC[C@H]1C(=O)O. The van der Waals surface area contributed by atoms with E-state index in [0.717, 1.165) is 19.3 Å². The topological polar surface area (TPSA) is 57.6 Å². The molecule has 0 radical (unpaired) electrons. The van der Waals surface area contributed by atoms with Crippen LogP contribution in [-0.2, 0) is 9.59 Å². The van der Waals surface area contributed by atoms with E-state index in [9.17, 15) is 9.59 Å². The predicted octanol–water partition coefficient (Wildman–Crippen LogP) is 4.23. The maximum Gasteiger partial charge on any atom is 0.326 e. The molecule has 1 aliphatic heterocycles. The zero-order valence-corrected chi connectivity index (χ0v) is 14.4. The fourth-order valence-electron chi connectivity index (χ4n) is 3.28. The smallest absolute Gasteiger partial charge is 0.326 e. The lowest BCUT2D eigenvalue weighted by atomic mass is 10.00. The molecule has 0 saturated carbocycles. The molecule has 0 aliphatic carbocycles. The van der Waals surface area contributed by atoms with Crippen molar-refractivity contribution in [3.05, 3.63) is 0 Å². The molecule has 2 atom stereocenters. The van der Waals surface area contributed by atoms with Crippen molar-refractivity contribution < 1.29 is 14.7 Å². The average Bonchev–Trinajstić information content (AvgIpc) is 2.98. The molecule has 0 unspecified atom stereocenters. The number of amides is 1. The van der Waals surface area contributed by atoms with Crippen LogP contribution < -0.4 is 0 Å². The number of nitrogens with zero attached hydrogens (tertiary/aromatic N) is 1. The molecule has 0 aromatic carbocycles. The minimum absolute atomic E-state index is 0.0350. The van der Waals surface area contributed by atoms with Gasteiger partial charge in [0.05, 0.1) is 0 Å². The van der Waals surface area contributed by atoms with Gasteiger partial charge in [0, 0.05) is 12.5 Å². The molecule has 0 aromatic rings. The zero-order valence-electron chi connectivity index (χ0n) is 14.4. The number of rotatable bonds is 11. The molecule has 22 heavy (non-hydrogen) atoms. The van der Waals surface area contributed by atoms with E-state index in [-0.39, 0.29) is 11.8 Å². The van der Waals surface area contributed by atoms with Crippen LogP contribution >= 0.6 is 0 Å². The standard InChI is InChI=1S/C18H33NO3/c1-3-4-5-6-7-8-9-10-12-15(2)17(20)19-14-11-13-16(19)18(21)22/h15-16H,3-14H2,1-2H3,(H,21,22)/t15-,16-/m0/s1. The van der Waals surface area contributed by atoms with Gasteiger partial charge in [0.1, 0.15) is 6.04 Å². The number of carboxylic acid groups (broad SMARTS) is 1. The normalized spacial score (nSPS) is 19.4. The highest BCUT2D eigenvalue weighted by Gasteiger charge is 2.35. The van der Waals surface area contributed by atoms with Gasteiger partial charge in [-0.25, -0.2) is 4.79 Å². The Morgan fingerprint density at radius 1 is 1.09 bits per heavy atom. The molecule has 0 spiro atoms. The van der Waals surface area contributed by atoms with Crippen LogP contribution in [0.4, 0.5) is 0 Å². The van der Waals surface area contributed by atoms with Crippen molar-refractivity contribution in [3.63, 3.8) is 0 Å². The van der Waals surface area contributed by atoms with E-state index in [1.807, 2.05) is 6.92 Å². The number of carbonyl (C=O) groups is 2. The number of carbonyl (C=O) groups excluding carboxylic acids is 1. The summed E-state index contributed by atoms with van der Waals surface area (Å²) in [5.74, 6) is -0.863. The Hall–Kier alpha value is -1.06. The predicted molar refractivity (Wildman–Crippen MR) is 88.8 cm³/mol. The maximum absolute atomic E-state index is 12.4. The molecule has 1 aliphatic rings. The van der Waals surface area contributed by atoms with Gasteiger partial charge in [-0.1, -0.05) is 65.2 Å². The molecule has 1 saturated heterocycles. The third kappa shape index (κ3) is 6.37. The lowest BCUT2D eigenvalue weighted by Crippen LogP contribution is -2.42. The van der Waals surface area contributed by atoms with Gasteiger partial charge in [-0.15, -0.1) is 0 Å². The summed E-state index contributed by atoms with van der Waals surface area (Å²) >= 11 is 0. The molecule has 4 nitrogen and oxygen atoms in total. The summed E-state index contributed by atoms with van der Waals surface area (Å²) in [7, 11) is 0. The van der Waals surface area contributed by atoms with Crippen LogP contribution in [0.1, 0.15) is 84.5 Å². The van der Waals surface area contributed by atoms with Crippen molar-refractivity contribution in [2.75, 3.05) is 6.54 Å². The molecule has 4 heteroatoms. The quantitative estimate of drug-likeness (QED) is 0.581. The van der Waals surface area contributed by atoms with Crippen molar-refractivity contribution in [2.24, 2.45) is 5.92 Å². The summed E-state index contributed by atoms with van der Waals surface area (Å²) in [6.45, 7) is 4.78. The average molecular weight is 311 g/mol. The molecule has 1 heterocycles. The van der Waals surface area contributed by atoms with Gasteiger partial charge in [0.25, 0.3) is 0 Å². The Morgan fingerprint density at radius 2 is 1.68 bits per heavy atom. The van der Waals surface area contributed by atoms with E-state index >= 15 is 0 Å². The van der Waals surface area contributed by atoms with Gasteiger partial charge in [0.15, 0.2) is 0 Å². The first-order valence-corrected chi connectivity index (χ1v) is 9.11. The van der Waals surface area contributed by atoms with Gasteiger partial charge in [-0.2, -0.15) is 0 Å². The van der Waals surface area contributed by atoms with Gasteiger partial charge in [-0.05, 0) is 19.3 Å². The summed E-state index contributed by atoms with van der Waals surface area (Å²) < 4.78 is 0. The summed E-state index contributed by atoms with van der Waals surface area (Å²) in [6, 6.07) is -0.589. The number of unbranched alkanes of at least 4 members (excludes halogenated alkanes) is 7. The van der Waals surface area contributed by atoms with Crippen LogP contribution in [0, 0.1) is 5.92 Å². The van der Waals surface area contributed by atoms with Gasteiger partial charge < -0.3 is 10.0 Å². The largest absolute Gasteiger partial charge is 0.480 e. The van der Waals surface area contributed by atoms with Crippen molar-refractivity contribution in [2.45, 2.75) is 90.5 Å². The van der Waals surface area contributed by atoms with E-state index < -0.39 is 12.0 Å². The Kier molecular flexibility index (Phi) is 9.17. The van der Waals surface area contributed by atoms with Crippen molar-refractivity contribution in [1.29, 1.82) is 0 Å². The fraction of sp³-hybridized carbons (Fsp3) is 0.889. The lowest BCUT2D eigenvalue weighted by Gasteiger charge is -2.24. The number of likely N-dealkylation sites (tertiary alicyclic amines) is 1. The Bertz CT molecular complexity index is 343. The second-order valence-corrected chi connectivity index (χ2v) is 6.69. The van der Waals surface area contributed by atoms with E-state index in [1.165, 1.54) is 44.9 Å². The molecular formula is C18H33NO3. The maximum atomic E-state index is 12.4. The minimum atomic E-state index is -0.856. The Morgan fingerprint density at radius 3 is 2.27 bits per heavy atom. The highest BCUT2D eigenvalue weighted by atomic mass is 16.4. The zero-order chi connectivity index (χ0) is 16.4. The van der Waals surface area contributed by atoms with E-state index in [2.05, 4.69) is 6.92 Å². The summed E-state index contributed by atoms with van der Waals surface area (Å²) in [5, 5.41) is 9.16. The highest BCUT2D eigenvalue weighted by Crippen LogP contribution is 2.22. The fourth-order valence-corrected chi connectivity index (χ4v) is 3.28. The monoisotopic (exact) mass is 311 g/mol. The van der Waals surface area contributed by atoms with Crippen LogP contribution in [0.15, 0.2) is 0 Å². The summed E-state index contributed by atoms with van der Waals surface area (Å²) in [5.41, 5.74) is 0. The van der Waals surface area contributed by atoms with Crippen LogP contribution in [0.2, 0.25) is 0 Å². The Balaban J connectivity index is 2.15. The molecule has 1 fully saturated rings. The first-order valence-electron chi connectivity index (χ1n) is 9.11. The van der Waals surface area contributed by atoms with Crippen LogP contribution in [0.5, 0.6) is 0 Å². The summed E-state index contributed by atoms with van der Waals surface area (Å²) in [6.07, 6.45) is 12.4. The molecule has 0 aromatic heterocycles. The number of carboxylic acids is 1. The third-order valence-electron chi connectivity index (χ3n) is 4.73. The molecule has 0 bridgehead atoms. The second-order valence-electron chi connectivity index (χ2n) is 6.69. The number of hydrogen-bond donors (Lipinski definition) is 1. The summed E-state index contributed by atoms with van der Waals surface area (Å²) in [4.78, 5) is 25.1. The number of aliphatic carboxylic acids is 1. The van der Waals surface area contributed by atoms with Crippen molar-refractivity contribution in [3.8, 4) is 0 Å². The minimum Gasteiger partial charge on any atom is -0.480 e. The van der Waals surface area contributed by atoms with E-state index in [1.54, 1.807) is 4.90 Å². The lowest BCUT2D eigenvalue weighted by molar-refractivity contribution is -0.149. The van der Waals surface area contributed by atoms with Crippen LogP contribution in [0.25, 0.3) is 0 Å². The molecule has 1 rings (SSSR count). The van der Waals surface area contributed by atoms with Gasteiger partial charge >= 0.3 is 5.97 Å². The molecule has 128 valence electrons. The first kappa shape index (κ1) is 19.0. The van der Waals surface area contributed by atoms with Crippen LogP contribution in [0.3, 0.4) is 0 Å². The molecule has 1 N–H and O–H groups in total. The first-order chi connectivity index (χ1) is 10.6. The van der Waals surface area contributed by atoms with Crippen molar-refractivity contribution >= 4 is 11.9 Å². The number of hydrogen-bond acceptors (Lipinski definition) is 2. The van der Waals surface area contributed by atoms with Crippen LogP contribution in [-0.4, -0.2) is 34.5 Å². The van der Waals surface area contributed by atoms with Crippen molar-refractivity contribution in [1.82, 2.24) is 4.90 Å². The molecular weight excluding hydrogens is 278 g/mol. The van der Waals surface area contributed by atoms with Gasteiger partial charge in [-0.3, -0.25) is 4.79 Å². The third-order valence-corrected chi connectivity index (χ3v) is 4.73. The Labute approximate surface area is 135 Å². The van der Waals surface area contributed by atoms with E-state index in [0.29, 0.717) is 13.0 Å². The van der Waals surface area contributed by atoms with E-state index in [4.69, 9.17) is 5.11 Å². The second kappa shape index (κ2) is 10.6. The van der Waals surface area contributed by atoms with Gasteiger partial charge in [0.2, 0.25) is 5.91 Å².